The van der Waals surface area contributed by atoms with Gasteiger partial charge in [-0.3, -0.25) is 19.4 Å². The second-order valence-corrected chi connectivity index (χ2v) is 9.70. The van der Waals surface area contributed by atoms with Crippen LogP contribution >= 0.6 is 0 Å². The molecule has 0 radical (unpaired) electrons. The average molecular weight is 539 g/mol. The van der Waals surface area contributed by atoms with E-state index < -0.39 is 5.92 Å². The maximum absolute atomic E-state index is 13.3. The number of aryl methyl sites for hydroxylation is 2. The summed E-state index contributed by atoms with van der Waals surface area (Å²) in [6.45, 7) is 3.96. The van der Waals surface area contributed by atoms with Crippen molar-refractivity contribution in [1.29, 1.82) is 0 Å². The molecule has 1 aliphatic rings. The van der Waals surface area contributed by atoms with Crippen LogP contribution in [0.1, 0.15) is 17.7 Å². The molecule has 4 heterocycles. The minimum atomic E-state index is -0.584. The standard InChI is InChI=1S/C28H26N8O4/c1-16-6-4-8-20(10-16)35-25-22(14-29-35)27(39)32-28(31-25)36-23(11-17(2)33-36)30-26(38)18-12-24(37)34(15-18)19-7-5-9-21(13-19)40-3/h4-11,13-14,18H,12,15H2,1-3H3,(H,30,38)(H,31,32,39). The summed E-state index contributed by atoms with van der Waals surface area (Å²) in [7, 11) is 1.56. The minimum absolute atomic E-state index is 0.0624. The first-order valence-corrected chi connectivity index (χ1v) is 12.7. The van der Waals surface area contributed by atoms with Gasteiger partial charge in [-0.25, -0.2) is 4.68 Å². The monoisotopic (exact) mass is 538 g/mol. The fourth-order valence-electron chi connectivity index (χ4n) is 4.85. The molecule has 0 aliphatic carbocycles. The molecule has 3 aromatic heterocycles. The summed E-state index contributed by atoms with van der Waals surface area (Å²) in [6.07, 6.45) is 1.53. The molecule has 202 valence electrons. The Hall–Kier alpha value is -5.26. The lowest BCUT2D eigenvalue weighted by atomic mass is 10.1. The number of H-pyrrole nitrogens is 1. The van der Waals surface area contributed by atoms with Gasteiger partial charge in [-0.05, 0) is 43.7 Å². The van der Waals surface area contributed by atoms with Crippen molar-refractivity contribution < 1.29 is 14.3 Å². The third-order valence-corrected chi connectivity index (χ3v) is 6.82. The van der Waals surface area contributed by atoms with Gasteiger partial charge in [0.25, 0.3) is 5.56 Å². The minimum Gasteiger partial charge on any atom is -0.497 e. The molecule has 2 N–H and O–H groups in total. The largest absolute Gasteiger partial charge is 0.497 e. The predicted octanol–water partition coefficient (Wildman–Crippen LogP) is 2.91. The third kappa shape index (κ3) is 4.49. The van der Waals surface area contributed by atoms with E-state index >= 15 is 0 Å². The van der Waals surface area contributed by atoms with E-state index in [1.54, 1.807) is 53.9 Å². The zero-order valence-electron chi connectivity index (χ0n) is 22.1. The Morgan fingerprint density at radius 2 is 1.85 bits per heavy atom. The van der Waals surface area contributed by atoms with E-state index in [4.69, 9.17) is 4.74 Å². The lowest BCUT2D eigenvalue weighted by molar-refractivity contribution is -0.122. The summed E-state index contributed by atoms with van der Waals surface area (Å²) in [6, 6.07) is 16.5. The van der Waals surface area contributed by atoms with Gasteiger partial charge < -0.3 is 15.0 Å². The van der Waals surface area contributed by atoms with Gasteiger partial charge in [0.1, 0.15) is 17.0 Å². The number of hydrogen-bond donors (Lipinski definition) is 2. The fourth-order valence-corrected chi connectivity index (χ4v) is 4.85. The van der Waals surface area contributed by atoms with Crippen LogP contribution in [0.4, 0.5) is 11.5 Å². The average Bonchev–Trinajstić information content (AvgIpc) is 3.65. The number of rotatable bonds is 6. The molecule has 12 heteroatoms. The number of anilines is 2. The number of carbonyl (C=O) groups excluding carboxylic acids is 2. The van der Waals surface area contributed by atoms with Crippen molar-refractivity contribution in [2.24, 2.45) is 5.92 Å². The number of ether oxygens (including phenoxy) is 1. The number of aromatic nitrogens is 6. The highest BCUT2D eigenvalue weighted by atomic mass is 16.5. The van der Waals surface area contributed by atoms with Crippen LogP contribution < -0.4 is 20.5 Å². The maximum Gasteiger partial charge on any atom is 0.263 e. The van der Waals surface area contributed by atoms with Crippen LogP contribution in [-0.2, 0) is 9.59 Å². The molecule has 1 aliphatic heterocycles. The number of hydrogen-bond acceptors (Lipinski definition) is 7. The van der Waals surface area contributed by atoms with Gasteiger partial charge in [0.05, 0.1) is 30.6 Å². The highest BCUT2D eigenvalue weighted by molar-refractivity contribution is 6.03. The zero-order chi connectivity index (χ0) is 28.0. The van der Waals surface area contributed by atoms with Crippen molar-refractivity contribution in [3.05, 3.63) is 82.4 Å². The lowest BCUT2D eigenvalue weighted by Gasteiger charge is -2.17. The molecule has 2 aromatic carbocycles. The van der Waals surface area contributed by atoms with Gasteiger partial charge in [0.2, 0.25) is 17.8 Å². The molecule has 1 saturated heterocycles. The maximum atomic E-state index is 13.3. The van der Waals surface area contributed by atoms with Crippen molar-refractivity contribution in [3.63, 3.8) is 0 Å². The van der Waals surface area contributed by atoms with E-state index in [0.29, 0.717) is 34.0 Å². The van der Waals surface area contributed by atoms with E-state index in [1.165, 1.54) is 10.9 Å². The van der Waals surface area contributed by atoms with E-state index in [0.717, 1.165) is 11.3 Å². The van der Waals surface area contributed by atoms with Crippen molar-refractivity contribution in [3.8, 4) is 17.4 Å². The van der Waals surface area contributed by atoms with Gasteiger partial charge in [-0.1, -0.05) is 18.2 Å². The Kier molecular flexibility index (Phi) is 6.14. The van der Waals surface area contributed by atoms with Crippen LogP contribution in [0.2, 0.25) is 0 Å². The third-order valence-electron chi connectivity index (χ3n) is 6.82. The second kappa shape index (κ2) is 9.80. The Balaban J connectivity index is 1.29. The Morgan fingerprint density at radius 3 is 2.65 bits per heavy atom. The summed E-state index contributed by atoms with van der Waals surface area (Å²) in [5, 5.41) is 12.0. The van der Waals surface area contributed by atoms with Crippen LogP contribution in [0.15, 0.2) is 65.6 Å². The van der Waals surface area contributed by atoms with Gasteiger partial charge in [0, 0.05) is 30.8 Å². The molecule has 6 rings (SSSR count). The van der Waals surface area contributed by atoms with Gasteiger partial charge >= 0.3 is 0 Å². The Morgan fingerprint density at radius 1 is 1.05 bits per heavy atom. The molecule has 1 atom stereocenters. The van der Waals surface area contributed by atoms with Crippen molar-refractivity contribution in [1.82, 2.24) is 29.5 Å². The Labute approximate surface area is 228 Å². The molecule has 2 amide bonds. The second-order valence-electron chi connectivity index (χ2n) is 9.70. The number of fused-ring (bicyclic) bond motifs is 1. The van der Waals surface area contributed by atoms with Gasteiger partial charge in [-0.15, -0.1) is 0 Å². The highest BCUT2D eigenvalue weighted by Gasteiger charge is 2.35. The normalized spacial score (nSPS) is 15.1. The number of nitrogens with one attached hydrogen (secondary N) is 2. The molecule has 1 unspecified atom stereocenters. The first-order chi connectivity index (χ1) is 19.3. The molecule has 0 spiro atoms. The van der Waals surface area contributed by atoms with Crippen molar-refractivity contribution in [2.45, 2.75) is 20.3 Å². The van der Waals surface area contributed by atoms with Crippen LogP contribution in [-0.4, -0.2) is 55.0 Å². The van der Waals surface area contributed by atoms with Gasteiger partial charge in [-0.2, -0.15) is 19.9 Å². The number of carbonyl (C=O) groups is 2. The predicted molar refractivity (Wildman–Crippen MR) is 148 cm³/mol. The number of methoxy groups -OCH3 is 1. The lowest BCUT2D eigenvalue weighted by Crippen LogP contribution is -2.29. The van der Waals surface area contributed by atoms with Crippen LogP contribution in [0.3, 0.4) is 0 Å². The van der Waals surface area contributed by atoms with Crippen molar-refractivity contribution >= 4 is 34.4 Å². The summed E-state index contributed by atoms with van der Waals surface area (Å²) in [5.41, 5.74) is 3.03. The van der Waals surface area contributed by atoms with Gasteiger partial charge in [0.15, 0.2) is 5.65 Å². The first kappa shape index (κ1) is 25.0. The van der Waals surface area contributed by atoms with E-state index in [1.807, 2.05) is 31.2 Å². The van der Waals surface area contributed by atoms with E-state index in [9.17, 15) is 14.4 Å². The van der Waals surface area contributed by atoms with E-state index in [2.05, 4.69) is 25.5 Å². The SMILES string of the molecule is COc1cccc(N2CC(C(=O)Nc3cc(C)nn3-c3nc4c(cnn4-c4cccc(C)c4)c(=O)[nH]3)CC2=O)c1. The smallest absolute Gasteiger partial charge is 0.263 e. The number of nitrogens with zero attached hydrogens (tertiary/aromatic N) is 6. The summed E-state index contributed by atoms with van der Waals surface area (Å²) < 4.78 is 8.23. The highest BCUT2D eigenvalue weighted by Crippen LogP contribution is 2.29. The molecule has 0 bridgehead atoms. The molecule has 40 heavy (non-hydrogen) atoms. The molecule has 12 nitrogen and oxygen atoms in total. The van der Waals surface area contributed by atoms with E-state index in [-0.39, 0.29) is 36.3 Å². The molecule has 5 aromatic rings. The number of benzene rings is 2. The first-order valence-electron chi connectivity index (χ1n) is 12.7. The van der Waals surface area contributed by atoms with Crippen LogP contribution in [0, 0.1) is 19.8 Å². The summed E-state index contributed by atoms with van der Waals surface area (Å²) in [4.78, 5) is 48.0. The Bertz CT molecular complexity index is 1840. The topological polar surface area (TPSA) is 140 Å². The molecular formula is C28H26N8O4. The zero-order valence-corrected chi connectivity index (χ0v) is 22.1. The number of aromatic amines is 1. The summed E-state index contributed by atoms with van der Waals surface area (Å²) in [5.74, 6) is -0.0128. The van der Waals surface area contributed by atoms with Crippen LogP contribution in [0.5, 0.6) is 5.75 Å². The molecule has 1 fully saturated rings. The number of amides is 2. The summed E-state index contributed by atoms with van der Waals surface area (Å²) >= 11 is 0. The van der Waals surface area contributed by atoms with Crippen LogP contribution in [0.25, 0.3) is 22.7 Å². The fraction of sp³-hybridized carbons (Fsp3) is 0.214. The van der Waals surface area contributed by atoms with Crippen molar-refractivity contribution in [2.75, 3.05) is 23.9 Å². The molecular weight excluding hydrogens is 512 g/mol. The quantitative estimate of drug-likeness (QED) is 0.339. The molecule has 0 saturated carbocycles.